The monoisotopic (exact) mass is 863 g/mol. The summed E-state index contributed by atoms with van der Waals surface area (Å²) in [5.74, 6) is -3.26. The Bertz CT molecular complexity index is 1720. The van der Waals surface area contributed by atoms with Crippen molar-refractivity contribution >= 4 is 29.5 Å². The van der Waals surface area contributed by atoms with E-state index in [0.717, 1.165) is 31.4 Å². The summed E-state index contributed by atoms with van der Waals surface area (Å²) in [5, 5.41) is 12.6. The van der Waals surface area contributed by atoms with Crippen LogP contribution in [0.4, 0.5) is 0 Å². The Morgan fingerprint density at radius 3 is 2.00 bits per heavy atom. The lowest BCUT2D eigenvalue weighted by Crippen LogP contribution is -2.55. The van der Waals surface area contributed by atoms with Crippen molar-refractivity contribution in [3.05, 3.63) is 71.3 Å². The molecule has 9 atom stereocenters. The van der Waals surface area contributed by atoms with Gasteiger partial charge in [-0.15, -0.1) is 0 Å². The number of aryl methyl sites for hydroxylation is 1. The van der Waals surface area contributed by atoms with Crippen molar-refractivity contribution in [3.8, 4) is 0 Å². The van der Waals surface area contributed by atoms with Gasteiger partial charge in [0.05, 0.1) is 42.7 Å². The number of nitrogens with one attached hydrogen (secondary N) is 1. The fourth-order valence-electron chi connectivity index (χ4n) is 9.38. The average molecular weight is 863 g/mol. The molecular weight excluding hydrogens is 785 g/mol. The molecule has 1 heterocycles. The van der Waals surface area contributed by atoms with Crippen LogP contribution >= 0.6 is 0 Å². The summed E-state index contributed by atoms with van der Waals surface area (Å²) < 4.78 is 12.0. The van der Waals surface area contributed by atoms with Crippen LogP contribution in [0.5, 0.6) is 0 Å². The number of aliphatic carboxylic acids is 1. The van der Waals surface area contributed by atoms with Gasteiger partial charge in [0.1, 0.15) is 6.04 Å². The molecule has 1 saturated heterocycles. The van der Waals surface area contributed by atoms with E-state index in [0.29, 0.717) is 19.4 Å². The average Bonchev–Trinajstić information content (AvgIpc) is 3.74. The Morgan fingerprint density at radius 1 is 0.839 bits per heavy atom. The number of carboxylic acids is 1. The van der Waals surface area contributed by atoms with Gasteiger partial charge in [0.15, 0.2) is 5.78 Å². The standard InChI is InChI=1S/C50H78N4O8/c1-13-34(7)46(53(10)49(58)39(32(3)4)30-42(55)45(33(5)6)52(9)28-26-37-24-22-36(14-2)23-25-37)43(61-11)31-44(56)54-27-18-21-41(54)47(62-12)35(8)48(57)51-40(50(59)60)29-38-19-16-15-17-20-38/h15-17,19-20,22-25,32-35,39-41,43,45-47H,13-14,18,21,26-31H2,1-12H3,(H,51,57)(H,59,60)/t34-,35+,39-,40-,41-,43+,45-,46-,47+/m0/s1. The third kappa shape index (κ3) is 14.2. The zero-order valence-corrected chi connectivity index (χ0v) is 39.8. The summed E-state index contributed by atoms with van der Waals surface area (Å²) in [7, 11) is 6.84. The summed E-state index contributed by atoms with van der Waals surface area (Å²) in [6.45, 7) is 17.2. The Morgan fingerprint density at radius 2 is 1.47 bits per heavy atom. The molecule has 0 saturated carbocycles. The Balaban J connectivity index is 1.76. The molecule has 62 heavy (non-hydrogen) atoms. The second-order valence-electron chi connectivity index (χ2n) is 18.3. The highest BCUT2D eigenvalue weighted by Gasteiger charge is 2.43. The number of ether oxygens (including phenoxy) is 2. The zero-order valence-electron chi connectivity index (χ0n) is 39.8. The zero-order chi connectivity index (χ0) is 46.3. The number of nitrogens with zero attached hydrogens (tertiary/aromatic N) is 3. The Kier molecular flexibility index (Phi) is 21.3. The minimum Gasteiger partial charge on any atom is -0.480 e. The number of carboxylic acid groups (broad SMARTS) is 1. The van der Waals surface area contributed by atoms with E-state index in [1.807, 2.05) is 51.2 Å². The molecule has 3 rings (SSSR count). The second-order valence-corrected chi connectivity index (χ2v) is 18.3. The van der Waals surface area contributed by atoms with Crippen LogP contribution in [0.15, 0.2) is 54.6 Å². The molecule has 0 unspecified atom stereocenters. The van der Waals surface area contributed by atoms with Crippen molar-refractivity contribution in [2.75, 3.05) is 41.4 Å². The predicted octanol–water partition coefficient (Wildman–Crippen LogP) is 6.71. The minimum absolute atomic E-state index is 0.00146. The maximum absolute atomic E-state index is 14.6. The van der Waals surface area contributed by atoms with E-state index in [1.54, 1.807) is 30.9 Å². The molecule has 0 aromatic heterocycles. The number of likely N-dealkylation sites (tertiary alicyclic amines) is 1. The Labute approximate surface area is 372 Å². The van der Waals surface area contributed by atoms with Gasteiger partial charge in [-0.1, -0.05) is 116 Å². The summed E-state index contributed by atoms with van der Waals surface area (Å²) in [4.78, 5) is 74.5. The molecular formula is C50H78N4O8. The maximum atomic E-state index is 14.6. The number of hydrogen-bond acceptors (Lipinski definition) is 8. The van der Waals surface area contributed by atoms with Crippen molar-refractivity contribution in [2.45, 2.75) is 143 Å². The van der Waals surface area contributed by atoms with Crippen LogP contribution in [-0.2, 0) is 52.7 Å². The SMILES string of the molecule is CCc1ccc(CCN(C)[C@H](C(=O)C[C@H](C(=O)N(C)[C@@H]([C@@H](C)CC)[C@@H](CC(=O)N2CCC[C@H]2[C@H](OC)[C@@H](C)C(=O)N[C@@H](Cc2ccccc2)C(=O)O)OC)C(C)C)C(C)C)cc1. The topological polar surface area (TPSA) is 146 Å². The third-order valence-electron chi connectivity index (χ3n) is 13.3. The van der Waals surface area contributed by atoms with Crippen LogP contribution in [0.2, 0.25) is 0 Å². The number of carbonyl (C=O) groups is 5. The van der Waals surface area contributed by atoms with Gasteiger partial charge in [0.2, 0.25) is 17.7 Å². The van der Waals surface area contributed by atoms with Gasteiger partial charge >= 0.3 is 5.97 Å². The molecule has 0 bridgehead atoms. The first-order valence-electron chi connectivity index (χ1n) is 22.9. The molecule has 0 aliphatic carbocycles. The lowest BCUT2D eigenvalue weighted by molar-refractivity contribution is -0.149. The van der Waals surface area contributed by atoms with E-state index in [4.69, 9.17) is 9.47 Å². The van der Waals surface area contributed by atoms with Crippen molar-refractivity contribution in [3.63, 3.8) is 0 Å². The van der Waals surface area contributed by atoms with Crippen molar-refractivity contribution < 1.29 is 38.6 Å². The molecule has 0 radical (unpaired) electrons. The molecule has 2 N–H and O–H groups in total. The number of benzene rings is 2. The van der Waals surface area contributed by atoms with Gasteiger partial charge in [0.25, 0.3) is 0 Å². The van der Waals surface area contributed by atoms with E-state index in [2.05, 4.69) is 69.1 Å². The molecule has 12 heteroatoms. The molecule has 2 aromatic carbocycles. The smallest absolute Gasteiger partial charge is 0.326 e. The number of carbonyl (C=O) groups excluding carboxylic acids is 4. The number of amides is 3. The first-order chi connectivity index (χ1) is 29.4. The van der Waals surface area contributed by atoms with Crippen molar-refractivity contribution in [1.29, 1.82) is 0 Å². The molecule has 1 aliphatic rings. The van der Waals surface area contributed by atoms with Gasteiger partial charge < -0.3 is 29.7 Å². The second kappa shape index (κ2) is 25.2. The number of methoxy groups -OCH3 is 2. The number of ketones is 1. The van der Waals surface area contributed by atoms with E-state index in [1.165, 1.54) is 18.2 Å². The quantitative estimate of drug-likeness (QED) is 0.105. The normalized spacial score (nSPS) is 18.2. The van der Waals surface area contributed by atoms with E-state index in [-0.39, 0.29) is 60.7 Å². The molecule has 1 aliphatic heterocycles. The largest absolute Gasteiger partial charge is 0.480 e. The van der Waals surface area contributed by atoms with Crippen LogP contribution in [0, 0.1) is 29.6 Å². The van der Waals surface area contributed by atoms with E-state index >= 15 is 0 Å². The molecule has 0 spiro atoms. The van der Waals surface area contributed by atoms with Crippen LogP contribution in [0.25, 0.3) is 0 Å². The highest BCUT2D eigenvalue weighted by Crippen LogP contribution is 2.31. The summed E-state index contributed by atoms with van der Waals surface area (Å²) in [6, 6.07) is 15.4. The lowest BCUT2D eigenvalue weighted by atomic mass is 9.83. The molecule has 12 nitrogen and oxygen atoms in total. The van der Waals surface area contributed by atoms with E-state index in [9.17, 15) is 29.1 Å². The van der Waals surface area contributed by atoms with Crippen molar-refractivity contribution in [1.82, 2.24) is 20.0 Å². The third-order valence-corrected chi connectivity index (χ3v) is 13.3. The van der Waals surface area contributed by atoms with Crippen LogP contribution in [-0.4, -0.2) is 127 Å². The number of rotatable bonds is 26. The highest BCUT2D eigenvalue weighted by molar-refractivity contribution is 5.90. The van der Waals surface area contributed by atoms with Gasteiger partial charge in [-0.3, -0.25) is 24.1 Å². The number of likely N-dealkylation sites (N-methyl/N-ethyl adjacent to an activating group) is 2. The molecule has 346 valence electrons. The first kappa shape index (κ1) is 52.2. The number of hydrogen-bond donors (Lipinski definition) is 2. The van der Waals surface area contributed by atoms with E-state index < -0.39 is 54.0 Å². The predicted molar refractivity (Wildman–Crippen MR) is 245 cm³/mol. The minimum atomic E-state index is -1.13. The van der Waals surface area contributed by atoms with Gasteiger partial charge in [-0.05, 0) is 67.2 Å². The molecule has 3 amide bonds. The summed E-state index contributed by atoms with van der Waals surface area (Å²) in [6.07, 6.45) is 2.78. The first-order valence-corrected chi connectivity index (χ1v) is 22.9. The Hall–Kier alpha value is -4.13. The van der Waals surface area contributed by atoms with Crippen LogP contribution in [0.1, 0.15) is 104 Å². The number of Topliss-reactive ketones (excluding diaryl/α,β-unsaturated/α-hetero) is 1. The highest BCUT2D eigenvalue weighted by atomic mass is 16.5. The van der Waals surface area contributed by atoms with Gasteiger partial charge in [0, 0.05) is 53.1 Å². The molecule has 2 aromatic rings. The fraction of sp³-hybridized carbons (Fsp3) is 0.660. The summed E-state index contributed by atoms with van der Waals surface area (Å²) in [5.41, 5.74) is 3.31. The summed E-state index contributed by atoms with van der Waals surface area (Å²) >= 11 is 0. The fourth-order valence-corrected chi connectivity index (χ4v) is 9.38. The van der Waals surface area contributed by atoms with Crippen molar-refractivity contribution in [2.24, 2.45) is 29.6 Å². The maximum Gasteiger partial charge on any atom is 0.326 e. The lowest BCUT2D eigenvalue weighted by Gasteiger charge is -2.41. The van der Waals surface area contributed by atoms with Crippen LogP contribution in [0.3, 0.4) is 0 Å². The van der Waals surface area contributed by atoms with Crippen LogP contribution < -0.4 is 5.32 Å². The van der Waals surface area contributed by atoms with Gasteiger partial charge in [-0.2, -0.15) is 0 Å². The molecule has 1 fully saturated rings. The van der Waals surface area contributed by atoms with Gasteiger partial charge in [-0.25, -0.2) is 4.79 Å².